The molecule has 0 saturated carbocycles. The summed E-state index contributed by atoms with van der Waals surface area (Å²) < 4.78 is 0. The number of hydrogen-bond donors (Lipinski definition) is 3. The molecule has 0 saturated heterocycles. The first-order valence-electron chi connectivity index (χ1n) is 10.2. The molecule has 6 nitrogen and oxygen atoms in total. The number of fused-ring (bicyclic) bond motifs is 1. The van der Waals surface area contributed by atoms with Gasteiger partial charge < -0.3 is 20.4 Å². The Labute approximate surface area is 177 Å². The van der Waals surface area contributed by atoms with E-state index in [1.807, 2.05) is 44.2 Å². The quantitative estimate of drug-likeness (QED) is 0.598. The first kappa shape index (κ1) is 21.8. The van der Waals surface area contributed by atoms with Gasteiger partial charge >= 0.3 is 5.97 Å². The van der Waals surface area contributed by atoms with E-state index in [0.717, 1.165) is 35.3 Å². The maximum Gasteiger partial charge on any atom is 0.335 e. The highest BCUT2D eigenvalue weighted by molar-refractivity contribution is 5.88. The fourth-order valence-corrected chi connectivity index (χ4v) is 4.31. The second kappa shape index (κ2) is 8.48. The lowest BCUT2D eigenvalue weighted by Gasteiger charge is -2.42. The maximum atomic E-state index is 11.8. The molecule has 2 aromatic carbocycles. The van der Waals surface area contributed by atoms with Gasteiger partial charge in [-0.1, -0.05) is 39.8 Å². The summed E-state index contributed by atoms with van der Waals surface area (Å²) in [5.41, 5.74) is 3.82. The number of anilines is 2. The summed E-state index contributed by atoms with van der Waals surface area (Å²) >= 11 is 0. The first-order chi connectivity index (χ1) is 14.2. The highest BCUT2D eigenvalue weighted by atomic mass is 16.4. The van der Waals surface area contributed by atoms with Gasteiger partial charge in [0, 0.05) is 11.4 Å². The molecule has 1 aliphatic rings. The number of carboxylic acid groups (broad SMARTS) is 1. The average molecular weight is 411 g/mol. The van der Waals surface area contributed by atoms with Gasteiger partial charge in [-0.3, -0.25) is 4.79 Å². The van der Waals surface area contributed by atoms with Crippen LogP contribution in [0.5, 0.6) is 0 Å². The summed E-state index contributed by atoms with van der Waals surface area (Å²) in [5, 5.41) is 22.6. The van der Waals surface area contributed by atoms with Crippen molar-refractivity contribution in [2.24, 2.45) is 11.3 Å². The lowest BCUT2D eigenvalue weighted by Crippen LogP contribution is -2.41. The van der Waals surface area contributed by atoms with Gasteiger partial charge in [0.2, 0.25) is 6.41 Å². The number of carbonyl (C=O) groups is 2. The summed E-state index contributed by atoms with van der Waals surface area (Å²) in [6.45, 7) is 8.16. The van der Waals surface area contributed by atoms with Crippen molar-refractivity contribution in [2.45, 2.75) is 46.2 Å². The van der Waals surface area contributed by atoms with Crippen molar-refractivity contribution in [3.63, 3.8) is 0 Å². The first-order valence-corrected chi connectivity index (χ1v) is 10.2. The second-order valence-electron chi connectivity index (χ2n) is 9.02. The highest BCUT2D eigenvalue weighted by Gasteiger charge is 2.36. The topological polar surface area (TPSA) is 89.9 Å². The summed E-state index contributed by atoms with van der Waals surface area (Å²) in [4.78, 5) is 24.7. The van der Waals surface area contributed by atoms with Crippen molar-refractivity contribution in [3.8, 4) is 0 Å². The Hall–Kier alpha value is -2.86. The minimum Gasteiger partial charge on any atom is -0.478 e. The van der Waals surface area contributed by atoms with Gasteiger partial charge in [0.1, 0.15) is 0 Å². The lowest BCUT2D eigenvalue weighted by molar-refractivity contribution is -0.108. The van der Waals surface area contributed by atoms with Gasteiger partial charge in [-0.15, -0.1) is 0 Å². The normalized spacial score (nSPS) is 18.3. The number of nitrogens with one attached hydrogen (secondary N) is 1. The van der Waals surface area contributed by atoms with Crippen molar-refractivity contribution < 1.29 is 19.8 Å². The van der Waals surface area contributed by atoms with Crippen molar-refractivity contribution in [1.82, 2.24) is 0 Å². The van der Waals surface area contributed by atoms with Crippen molar-refractivity contribution in [1.29, 1.82) is 0 Å². The molecular formula is C24H30N2O4. The molecule has 160 valence electrons. The zero-order valence-electron chi connectivity index (χ0n) is 17.9. The van der Waals surface area contributed by atoms with Gasteiger partial charge in [-0.05, 0) is 59.2 Å². The molecular weight excluding hydrogens is 380 g/mol. The van der Waals surface area contributed by atoms with Gasteiger partial charge in [0.25, 0.3) is 0 Å². The number of aliphatic hydroxyl groups is 1. The third-order valence-corrected chi connectivity index (χ3v) is 6.01. The predicted molar refractivity (Wildman–Crippen MR) is 118 cm³/mol. The summed E-state index contributed by atoms with van der Waals surface area (Å²) in [5.74, 6) is -0.814. The van der Waals surface area contributed by atoms with Crippen LogP contribution in [0.2, 0.25) is 0 Å². The van der Waals surface area contributed by atoms with E-state index >= 15 is 0 Å². The van der Waals surface area contributed by atoms with Crippen LogP contribution in [-0.4, -0.2) is 35.2 Å². The van der Waals surface area contributed by atoms with E-state index in [1.54, 1.807) is 17.0 Å². The molecule has 1 unspecified atom stereocenters. The molecule has 6 heteroatoms. The van der Waals surface area contributed by atoms with E-state index in [1.165, 1.54) is 0 Å². The number of carboxylic acids is 1. The van der Waals surface area contributed by atoms with Gasteiger partial charge in [0.15, 0.2) is 0 Å². The highest BCUT2D eigenvalue weighted by Crippen LogP contribution is 2.45. The Kier molecular flexibility index (Phi) is 6.17. The Balaban J connectivity index is 1.97. The van der Waals surface area contributed by atoms with Gasteiger partial charge in [-0.25, -0.2) is 4.79 Å². The number of amides is 1. The summed E-state index contributed by atoms with van der Waals surface area (Å²) in [6, 6.07) is 12.7. The van der Waals surface area contributed by atoms with Crippen LogP contribution >= 0.6 is 0 Å². The molecule has 0 spiro atoms. The van der Waals surface area contributed by atoms with E-state index < -0.39 is 5.97 Å². The molecule has 1 aliphatic heterocycles. The molecule has 0 fully saturated rings. The van der Waals surface area contributed by atoms with Crippen molar-refractivity contribution in [3.05, 3.63) is 59.2 Å². The number of aliphatic hydroxyl groups excluding tert-OH is 1. The molecule has 0 aromatic heterocycles. The standard InChI is InChI=1S/C24H30N2O4/c1-15(2)21(13-27)26(14-28)19-7-5-6-16(11-19)22-24(3,4)12-18-10-17(23(29)30)8-9-20(18)25-22/h5-11,14-15,21-22,25,27H,12-13H2,1-4H3,(H,29,30)/t21-,22?/m0/s1. The Morgan fingerprint density at radius 1 is 1.27 bits per heavy atom. The fraction of sp³-hybridized carbons (Fsp3) is 0.417. The number of nitrogens with zero attached hydrogens (tertiary/aromatic N) is 1. The second-order valence-corrected chi connectivity index (χ2v) is 9.02. The number of benzene rings is 2. The number of aromatic carboxylic acids is 1. The molecule has 1 heterocycles. The van der Waals surface area contributed by atoms with Crippen LogP contribution in [0.4, 0.5) is 11.4 Å². The zero-order valence-corrected chi connectivity index (χ0v) is 17.9. The van der Waals surface area contributed by atoms with Gasteiger partial charge in [0.05, 0.1) is 24.3 Å². The van der Waals surface area contributed by atoms with Crippen LogP contribution in [-0.2, 0) is 11.2 Å². The van der Waals surface area contributed by atoms with E-state index in [0.29, 0.717) is 0 Å². The van der Waals surface area contributed by atoms with Crippen molar-refractivity contribution in [2.75, 3.05) is 16.8 Å². The maximum absolute atomic E-state index is 11.8. The van der Waals surface area contributed by atoms with Crippen molar-refractivity contribution >= 4 is 23.8 Å². The van der Waals surface area contributed by atoms with Crippen LogP contribution in [0.15, 0.2) is 42.5 Å². The number of carbonyl (C=O) groups excluding carboxylic acids is 1. The third-order valence-electron chi connectivity index (χ3n) is 6.01. The van der Waals surface area contributed by atoms with E-state index in [-0.39, 0.29) is 35.6 Å². The lowest BCUT2D eigenvalue weighted by atomic mass is 9.72. The Morgan fingerprint density at radius 3 is 2.60 bits per heavy atom. The predicted octanol–water partition coefficient (Wildman–Crippen LogP) is 4.10. The van der Waals surface area contributed by atoms with E-state index in [2.05, 4.69) is 19.2 Å². The smallest absolute Gasteiger partial charge is 0.335 e. The minimum atomic E-state index is -0.928. The summed E-state index contributed by atoms with van der Waals surface area (Å²) in [6.07, 6.45) is 1.51. The SMILES string of the molecule is CC(C)[C@H](CO)N(C=O)c1cccc(C2Nc3ccc(C(=O)O)cc3CC2(C)C)c1. The van der Waals surface area contributed by atoms with Crippen LogP contribution < -0.4 is 10.2 Å². The van der Waals surface area contributed by atoms with Crippen LogP contribution in [0, 0.1) is 11.3 Å². The Morgan fingerprint density at radius 2 is 2.00 bits per heavy atom. The van der Waals surface area contributed by atoms with Crippen LogP contribution in [0.3, 0.4) is 0 Å². The largest absolute Gasteiger partial charge is 0.478 e. The van der Waals surface area contributed by atoms with Gasteiger partial charge in [-0.2, -0.15) is 0 Å². The van der Waals surface area contributed by atoms with Crippen LogP contribution in [0.1, 0.15) is 55.2 Å². The molecule has 0 radical (unpaired) electrons. The molecule has 0 aliphatic carbocycles. The van der Waals surface area contributed by atoms with Crippen LogP contribution in [0.25, 0.3) is 0 Å². The number of hydrogen-bond acceptors (Lipinski definition) is 4. The molecule has 3 rings (SSSR count). The Bertz CT molecular complexity index is 939. The zero-order chi connectivity index (χ0) is 22.1. The molecule has 0 bridgehead atoms. The summed E-state index contributed by atoms with van der Waals surface area (Å²) in [7, 11) is 0. The average Bonchev–Trinajstić information content (AvgIpc) is 2.69. The molecule has 2 atom stereocenters. The van der Waals surface area contributed by atoms with E-state index in [4.69, 9.17) is 0 Å². The molecule has 2 aromatic rings. The third kappa shape index (κ3) is 4.19. The fourth-order valence-electron chi connectivity index (χ4n) is 4.31. The molecule has 3 N–H and O–H groups in total. The molecule has 30 heavy (non-hydrogen) atoms. The monoisotopic (exact) mass is 410 g/mol. The minimum absolute atomic E-state index is 0.0132. The molecule has 1 amide bonds. The number of rotatable bonds is 7. The van der Waals surface area contributed by atoms with E-state index in [9.17, 15) is 19.8 Å².